The molecule has 0 aliphatic heterocycles. The lowest BCUT2D eigenvalue weighted by atomic mass is 10.6. The fraction of sp³-hybridized carbons (Fsp3) is 0. The minimum atomic E-state index is -4.46. The van der Waals surface area contributed by atoms with Crippen LogP contribution in [0.2, 0.25) is 0 Å². The number of nitrogens with zero attached hydrogens (tertiary/aromatic N) is 1. The first-order chi connectivity index (χ1) is 4.89. The van der Waals surface area contributed by atoms with Gasteiger partial charge in [0, 0.05) is 0 Å². The number of hydrogen-bond acceptors (Lipinski definition) is 4. The zero-order valence-electron chi connectivity index (χ0n) is 5.22. The SMILES string of the molecule is C=C(OP(=O)(O)C#N)C(=O)O. The highest BCUT2D eigenvalue weighted by Crippen LogP contribution is 2.42. The maximum absolute atomic E-state index is 10.3. The third kappa shape index (κ3) is 3.40. The molecule has 0 spiro atoms. The van der Waals surface area contributed by atoms with Crippen molar-refractivity contribution in [3.63, 3.8) is 0 Å². The highest BCUT2D eigenvalue weighted by atomic mass is 31.2. The van der Waals surface area contributed by atoms with Gasteiger partial charge in [-0.1, -0.05) is 0 Å². The number of carboxylic acid groups (broad SMARTS) is 1. The first kappa shape index (κ1) is 9.69. The standard InChI is InChI=1S/C4H4NO5P/c1-3(4(6)7)10-11(8,9)2-5/h1H2,(H,6,7)(H,8,9). The molecule has 0 saturated carbocycles. The van der Waals surface area contributed by atoms with Crippen LogP contribution in [0.1, 0.15) is 0 Å². The molecule has 0 aromatic heterocycles. The Hall–Kier alpha value is -1.31. The Kier molecular flexibility index (Phi) is 2.81. The van der Waals surface area contributed by atoms with E-state index in [0.29, 0.717) is 0 Å². The summed E-state index contributed by atoms with van der Waals surface area (Å²) in [5.74, 6) is -1.63. The van der Waals surface area contributed by atoms with E-state index >= 15 is 0 Å². The van der Waals surface area contributed by atoms with Crippen molar-refractivity contribution >= 4 is 13.6 Å². The molecule has 7 heteroatoms. The molecular weight excluding hydrogens is 173 g/mol. The van der Waals surface area contributed by atoms with E-state index in [4.69, 9.17) is 15.3 Å². The van der Waals surface area contributed by atoms with Crippen LogP contribution in [0.5, 0.6) is 0 Å². The van der Waals surface area contributed by atoms with Crippen molar-refractivity contribution < 1.29 is 23.9 Å². The molecule has 0 aromatic carbocycles. The quantitative estimate of drug-likeness (QED) is 0.363. The molecule has 0 fully saturated rings. The molecule has 0 aromatic rings. The van der Waals surface area contributed by atoms with E-state index < -0.39 is 19.3 Å². The van der Waals surface area contributed by atoms with Crippen molar-refractivity contribution in [2.24, 2.45) is 0 Å². The largest absolute Gasteiger partial charge is 0.480 e. The molecule has 0 bridgehead atoms. The summed E-state index contributed by atoms with van der Waals surface area (Å²) in [7, 11) is -4.46. The first-order valence-corrected chi connectivity index (χ1v) is 3.83. The molecule has 6 nitrogen and oxygen atoms in total. The summed E-state index contributed by atoms with van der Waals surface area (Å²) in [6.45, 7) is 2.78. The molecule has 0 rings (SSSR count). The van der Waals surface area contributed by atoms with Crippen molar-refractivity contribution in [1.82, 2.24) is 0 Å². The van der Waals surface area contributed by atoms with Crippen LogP contribution in [0.3, 0.4) is 0 Å². The summed E-state index contributed by atoms with van der Waals surface area (Å²) in [5.41, 5.74) is 0. The Labute approximate surface area is 61.9 Å². The van der Waals surface area contributed by atoms with Gasteiger partial charge in [0.25, 0.3) is 0 Å². The number of aliphatic carboxylic acids is 1. The Morgan fingerprint density at radius 1 is 1.73 bits per heavy atom. The van der Waals surface area contributed by atoms with Gasteiger partial charge < -0.3 is 14.5 Å². The third-order valence-electron chi connectivity index (χ3n) is 0.599. The van der Waals surface area contributed by atoms with E-state index in [1.54, 1.807) is 0 Å². The molecule has 11 heavy (non-hydrogen) atoms. The average Bonchev–Trinajstić information content (AvgIpc) is 1.87. The molecule has 2 N–H and O–H groups in total. The summed E-state index contributed by atoms with van der Waals surface area (Å²) in [4.78, 5) is 18.3. The molecule has 0 amide bonds. The van der Waals surface area contributed by atoms with E-state index in [-0.39, 0.29) is 0 Å². The lowest BCUT2D eigenvalue weighted by Gasteiger charge is -2.03. The second-order valence-electron chi connectivity index (χ2n) is 1.44. The van der Waals surface area contributed by atoms with Gasteiger partial charge in [0.2, 0.25) is 5.76 Å². The minimum Gasteiger partial charge on any atom is -0.475 e. The van der Waals surface area contributed by atoms with Crippen LogP contribution in [-0.4, -0.2) is 16.0 Å². The fourth-order valence-electron chi connectivity index (χ4n) is 0.209. The predicted octanol–water partition coefficient (Wildman–Crippen LogP) is 0.268. The summed E-state index contributed by atoms with van der Waals surface area (Å²) in [6, 6.07) is 0. The highest BCUT2D eigenvalue weighted by Gasteiger charge is 2.23. The smallest absolute Gasteiger partial charge is 0.475 e. The molecular formula is C4H4NO5P. The zero-order valence-corrected chi connectivity index (χ0v) is 6.12. The number of carboxylic acids is 1. The van der Waals surface area contributed by atoms with Gasteiger partial charge in [-0.25, -0.2) is 9.36 Å². The van der Waals surface area contributed by atoms with Crippen LogP contribution in [0, 0.1) is 11.1 Å². The van der Waals surface area contributed by atoms with Crippen LogP contribution in [-0.2, 0) is 13.9 Å². The second-order valence-corrected chi connectivity index (χ2v) is 2.86. The van der Waals surface area contributed by atoms with E-state index in [9.17, 15) is 9.36 Å². The van der Waals surface area contributed by atoms with Crippen LogP contribution < -0.4 is 0 Å². The van der Waals surface area contributed by atoms with Crippen molar-refractivity contribution in [3.05, 3.63) is 12.3 Å². The van der Waals surface area contributed by atoms with Crippen molar-refractivity contribution in [3.8, 4) is 5.81 Å². The van der Waals surface area contributed by atoms with Gasteiger partial charge in [-0.05, 0) is 6.58 Å². The zero-order chi connectivity index (χ0) is 9.07. The van der Waals surface area contributed by atoms with E-state index in [1.165, 1.54) is 0 Å². The third-order valence-corrected chi connectivity index (χ3v) is 1.32. The maximum Gasteiger partial charge on any atom is 0.480 e. The van der Waals surface area contributed by atoms with E-state index in [0.717, 1.165) is 5.81 Å². The van der Waals surface area contributed by atoms with Gasteiger partial charge >= 0.3 is 13.6 Å². The summed E-state index contributed by atoms with van der Waals surface area (Å²) in [5, 5.41) is 16.0. The Morgan fingerprint density at radius 2 is 2.18 bits per heavy atom. The lowest BCUT2D eigenvalue weighted by Crippen LogP contribution is -2.01. The number of carbonyl (C=O) groups is 1. The minimum absolute atomic E-state index is 0.892. The first-order valence-electron chi connectivity index (χ1n) is 2.25. The fourth-order valence-corrected chi connectivity index (χ4v) is 0.626. The summed E-state index contributed by atoms with van der Waals surface area (Å²) < 4.78 is 14.1. The molecule has 0 radical (unpaired) electrons. The average molecular weight is 177 g/mol. The number of hydrogen-bond donors (Lipinski definition) is 2. The van der Waals surface area contributed by atoms with Crippen LogP contribution in [0.4, 0.5) is 0 Å². The molecule has 0 aliphatic carbocycles. The molecule has 1 atom stereocenters. The maximum atomic E-state index is 10.3. The molecule has 0 heterocycles. The van der Waals surface area contributed by atoms with Crippen LogP contribution in [0.25, 0.3) is 0 Å². The van der Waals surface area contributed by atoms with Crippen LogP contribution >= 0.6 is 7.60 Å². The van der Waals surface area contributed by atoms with Gasteiger partial charge in [-0.15, -0.1) is 0 Å². The molecule has 1 unspecified atom stereocenters. The molecule has 0 saturated heterocycles. The summed E-state index contributed by atoms with van der Waals surface area (Å²) >= 11 is 0. The summed E-state index contributed by atoms with van der Waals surface area (Å²) in [6.07, 6.45) is 0. The topological polar surface area (TPSA) is 108 Å². The molecule has 60 valence electrons. The highest BCUT2D eigenvalue weighted by molar-refractivity contribution is 7.58. The van der Waals surface area contributed by atoms with Crippen molar-refractivity contribution in [1.29, 1.82) is 5.26 Å². The van der Waals surface area contributed by atoms with Gasteiger partial charge in [0.1, 0.15) is 0 Å². The normalized spacial score (nSPS) is 14.2. The predicted molar refractivity (Wildman–Crippen MR) is 33.3 cm³/mol. The van der Waals surface area contributed by atoms with E-state index in [2.05, 4.69) is 11.1 Å². The van der Waals surface area contributed by atoms with Gasteiger partial charge in [-0.3, -0.25) is 0 Å². The monoisotopic (exact) mass is 177 g/mol. The number of rotatable bonds is 3. The van der Waals surface area contributed by atoms with Gasteiger partial charge in [0.15, 0.2) is 5.81 Å². The van der Waals surface area contributed by atoms with Gasteiger partial charge in [-0.2, -0.15) is 5.26 Å². The van der Waals surface area contributed by atoms with Crippen molar-refractivity contribution in [2.45, 2.75) is 0 Å². The van der Waals surface area contributed by atoms with E-state index in [1.807, 2.05) is 0 Å². The Balaban J connectivity index is 4.32. The second kappa shape index (κ2) is 3.19. The van der Waals surface area contributed by atoms with Gasteiger partial charge in [0.05, 0.1) is 0 Å². The van der Waals surface area contributed by atoms with Crippen LogP contribution in [0.15, 0.2) is 12.3 Å². The Bertz CT molecular complexity index is 277. The lowest BCUT2D eigenvalue weighted by molar-refractivity contribution is -0.135. The number of nitriles is 1. The molecule has 0 aliphatic rings. The Morgan fingerprint density at radius 3 is 2.45 bits per heavy atom. The van der Waals surface area contributed by atoms with Crippen molar-refractivity contribution in [2.75, 3.05) is 0 Å².